The molecule has 2 aromatic rings. The summed E-state index contributed by atoms with van der Waals surface area (Å²) in [7, 11) is -3.71. The summed E-state index contributed by atoms with van der Waals surface area (Å²) >= 11 is 6.09. The van der Waals surface area contributed by atoms with E-state index in [4.69, 9.17) is 11.6 Å². The second-order valence-corrected chi connectivity index (χ2v) is 7.87. The molecule has 0 radical (unpaired) electrons. The van der Waals surface area contributed by atoms with Gasteiger partial charge in [-0.3, -0.25) is 4.79 Å². The van der Waals surface area contributed by atoms with Gasteiger partial charge in [-0.25, -0.2) is 8.42 Å². The number of amides is 1. The van der Waals surface area contributed by atoms with E-state index in [1.165, 1.54) is 16.4 Å². The molecule has 5 nitrogen and oxygen atoms in total. The number of nitrogens with zero attached hydrogens (tertiary/aromatic N) is 1. The summed E-state index contributed by atoms with van der Waals surface area (Å²) in [5.41, 5.74) is 1.85. The molecule has 25 heavy (non-hydrogen) atoms. The number of rotatable bonds is 6. The minimum absolute atomic E-state index is 0.0140. The number of nitrogens with one attached hydrogen (secondary N) is 1. The maximum absolute atomic E-state index is 12.7. The molecule has 0 unspecified atom stereocenters. The molecular weight excluding hydrogens is 360 g/mol. The molecule has 2 aromatic carbocycles. The molecule has 0 fully saturated rings. The fraction of sp³-hybridized carbons (Fsp3) is 0.278. The van der Waals surface area contributed by atoms with Gasteiger partial charge in [-0.1, -0.05) is 43.1 Å². The molecule has 0 saturated heterocycles. The topological polar surface area (TPSA) is 66.5 Å². The van der Waals surface area contributed by atoms with E-state index < -0.39 is 10.0 Å². The summed E-state index contributed by atoms with van der Waals surface area (Å²) in [6.07, 6.45) is 0. The number of anilines is 1. The zero-order valence-corrected chi connectivity index (χ0v) is 16.0. The standard InChI is InChI=1S/C18H21ClN2O3S/c1-4-21(5-2)25(23,24)17-12-15(9-10-16(17)19)20-18(22)14-8-6-7-13(3)11-14/h6-12H,4-5H2,1-3H3,(H,20,22). The molecule has 7 heteroatoms. The van der Waals surface area contributed by atoms with Crippen LogP contribution in [0.4, 0.5) is 5.69 Å². The number of carbonyl (C=O) groups is 1. The van der Waals surface area contributed by atoms with Gasteiger partial charge < -0.3 is 5.32 Å². The molecule has 1 N–H and O–H groups in total. The van der Waals surface area contributed by atoms with Crippen LogP contribution >= 0.6 is 11.6 Å². The number of halogens is 1. The van der Waals surface area contributed by atoms with Crippen molar-refractivity contribution in [3.8, 4) is 0 Å². The van der Waals surface area contributed by atoms with Crippen molar-refractivity contribution in [3.05, 3.63) is 58.6 Å². The highest BCUT2D eigenvalue weighted by Crippen LogP contribution is 2.28. The Morgan fingerprint density at radius 1 is 1.12 bits per heavy atom. The molecule has 0 aliphatic rings. The lowest BCUT2D eigenvalue weighted by Crippen LogP contribution is -2.30. The van der Waals surface area contributed by atoms with E-state index in [-0.39, 0.29) is 15.8 Å². The van der Waals surface area contributed by atoms with Gasteiger partial charge in [0.05, 0.1) is 5.02 Å². The summed E-state index contributed by atoms with van der Waals surface area (Å²) in [5, 5.41) is 2.84. The maximum atomic E-state index is 12.7. The first-order valence-electron chi connectivity index (χ1n) is 7.97. The van der Waals surface area contributed by atoms with Crippen LogP contribution in [0.2, 0.25) is 5.02 Å². The van der Waals surface area contributed by atoms with Crippen molar-refractivity contribution in [1.82, 2.24) is 4.31 Å². The highest BCUT2D eigenvalue weighted by Gasteiger charge is 2.25. The van der Waals surface area contributed by atoms with Crippen molar-refractivity contribution in [3.63, 3.8) is 0 Å². The van der Waals surface area contributed by atoms with Gasteiger partial charge in [-0.15, -0.1) is 0 Å². The Kier molecular flexibility index (Phi) is 6.21. The van der Waals surface area contributed by atoms with Gasteiger partial charge in [-0.05, 0) is 37.3 Å². The zero-order chi connectivity index (χ0) is 18.6. The van der Waals surface area contributed by atoms with E-state index in [1.54, 1.807) is 38.1 Å². The molecule has 0 heterocycles. The summed E-state index contributed by atoms with van der Waals surface area (Å²) < 4.78 is 26.7. The van der Waals surface area contributed by atoms with E-state index in [9.17, 15) is 13.2 Å². The van der Waals surface area contributed by atoms with Gasteiger partial charge in [0, 0.05) is 24.3 Å². The molecule has 0 atom stereocenters. The lowest BCUT2D eigenvalue weighted by atomic mass is 10.1. The first kappa shape index (κ1) is 19.4. The van der Waals surface area contributed by atoms with E-state index in [0.717, 1.165) is 5.56 Å². The van der Waals surface area contributed by atoms with Crippen LogP contribution in [-0.2, 0) is 10.0 Å². The Hall–Kier alpha value is -1.89. The largest absolute Gasteiger partial charge is 0.322 e. The third-order valence-electron chi connectivity index (χ3n) is 3.79. The van der Waals surface area contributed by atoms with Crippen LogP contribution in [0.15, 0.2) is 47.4 Å². The van der Waals surface area contributed by atoms with Crippen molar-refractivity contribution < 1.29 is 13.2 Å². The monoisotopic (exact) mass is 380 g/mol. The Morgan fingerprint density at radius 2 is 1.80 bits per heavy atom. The SMILES string of the molecule is CCN(CC)S(=O)(=O)c1cc(NC(=O)c2cccc(C)c2)ccc1Cl. The Bertz CT molecular complexity index is 878. The summed E-state index contributed by atoms with van der Waals surface area (Å²) in [6, 6.07) is 11.6. The average molecular weight is 381 g/mol. The normalized spacial score (nSPS) is 11.6. The van der Waals surface area contributed by atoms with Crippen LogP contribution in [-0.4, -0.2) is 31.7 Å². The van der Waals surface area contributed by atoms with Crippen LogP contribution in [0.5, 0.6) is 0 Å². The zero-order valence-electron chi connectivity index (χ0n) is 14.4. The number of hydrogen-bond donors (Lipinski definition) is 1. The van der Waals surface area contributed by atoms with Crippen LogP contribution in [0.25, 0.3) is 0 Å². The molecule has 0 aliphatic heterocycles. The lowest BCUT2D eigenvalue weighted by molar-refractivity contribution is 0.102. The fourth-order valence-corrected chi connectivity index (χ4v) is 4.43. The van der Waals surface area contributed by atoms with Gasteiger partial charge in [0.1, 0.15) is 4.90 Å². The average Bonchev–Trinajstić information content (AvgIpc) is 2.57. The van der Waals surface area contributed by atoms with Crippen LogP contribution < -0.4 is 5.32 Å². The molecule has 1 amide bonds. The first-order chi connectivity index (χ1) is 11.8. The molecular formula is C18H21ClN2O3S. The Morgan fingerprint density at radius 3 is 2.40 bits per heavy atom. The molecule has 0 bridgehead atoms. The van der Waals surface area contributed by atoms with E-state index in [2.05, 4.69) is 5.32 Å². The fourth-order valence-electron chi connectivity index (χ4n) is 2.47. The minimum atomic E-state index is -3.71. The molecule has 0 aromatic heterocycles. The van der Waals surface area contributed by atoms with E-state index >= 15 is 0 Å². The molecule has 2 rings (SSSR count). The quantitative estimate of drug-likeness (QED) is 0.825. The van der Waals surface area contributed by atoms with Gasteiger partial charge in [-0.2, -0.15) is 4.31 Å². The second kappa shape index (κ2) is 7.99. The molecule has 0 aliphatic carbocycles. The molecule has 134 valence electrons. The summed E-state index contributed by atoms with van der Waals surface area (Å²) in [6.45, 7) is 6.11. The van der Waals surface area contributed by atoms with Gasteiger partial charge in [0.2, 0.25) is 10.0 Å². The summed E-state index contributed by atoms with van der Waals surface area (Å²) in [4.78, 5) is 12.3. The number of hydrogen-bond acceptors (Lipinski definition) is 3. The van der Waals surface area contributed by atoms with Crippen molar-refractivity contribution in [2.24, 2.45) is 0 Å². The third-order valence-corrected chi connectivity index (χ3v) is 6.32. The van der Waals surface area contributed by atoms with E-state index in [0.29, 0.717) is 24.3 Å². The minimum Gasteiger partial charge on any atom is -0.322 e. The highest BCUT2D eigenvalue weighted by molar-refractivity contribution is 7.89. The number of sulfonamides is 1. The summed E-state index contributed by atoms with van der Waals surface area (Å²) in [5.74, 6) is -0.308. The Labute approximate surface area is 153 Å². The van der Waals surface area contributed by atoms with Gasteiger partial charge in [0.15, 0.2) is 0 Å². The van der Waals surface area contributed by atoms with Crippen molar-refractivity contribution in [2.45, 2.75) is 25.7 Å². The van der Waals surface area contributed by atoms with Crippen LogP contribution in [0, 0.1) is 6.92 Å². The maximum Gasteiger partial charge on any atom is 0.255 e. The number of benzene rings is 2. The number of aryl methyl sites for hydroxylation is 1. The smallest absolute Gasteiger partial charge is 0.255 e. The van der Waals surface area contributed by atoms with Crippen molar-refractivity contribution in [2.75, 3.05) is 18.4 Å². The molecule has 0 spiro atoms. The second-order valence-electron chi connectivity index (χ2n) is 5.56. The van der Waals surface area contributed by atoms with Gasteiger partial charge in [0.25, 0.3) is 5.91 Å². The van der Waals surface area contributed by atoms with Gasteiger partial charge >= 0.3 is 0 Å². The predicted molar refractivity (Wildman–Crippen MR) is 101 cm³/mol. The number of carbonyl (C=O) groups excluding carboxylic acids is 1. The first-order valence-corrected chi connectivity index (χ1v) is 9.79. The highest BCUT2D eigenvalue weighted by atomic mass is 35.5. The van der Waals surface area contributed by atoms with Crippen molar-refractivity contribution >= 4 is 33.2 Å². The lowest BCUT2D eigenvalue weighted by Gasteiger charge is -2.19. The third kappa shape index (κ3) is 4.39. The predicted octanol–water partition coefficient (Wildman–Crippen LogP) is 3.93. The van der Waals surface area contributed by atoms with Crippen molar-refractivity contribution in [1.29, 1.82) is 0 Å². The Balaban J connectivity index is 2.34. The molecule has 0 saturated carbocycles. The van der Waals surface area contributed by atoms with Crippen LogP contribution in [0.3, 0.4) is 0 Å². The van der Waals surface area contributed by atoms with Crippen LogP contribution in [0.1, 0.15) is 29.8 Å². The van der Waals surface area contributed by atoms with E-state index in [1.807, 2.05) is 13.0 Å².